The van der Waals surface area contributed by atoms with E-state index in [0.717, 1.165) is 6.04 Å². The molecular weight excluding hydrogens is 182 g/mol. The molecule has 1 amide bonds. The summed E-state index contributed by atoms with van der Waals surface area (Å²) in [5.74, 6) is -0.102. The van der Waals surface area contributed by atoms with E-state index in [1.807, 2.05) is 6.08 Å². The molecule has 0 aromatic carbocycles. The second-order valence-electron chi connectivity index (χ2n) is 4.17. The van der Waals surface area contributed by atoms with E-state index in [9.17, 15) is 4.79 Å². The summed E-state index contributed by atoms with van der Waals surface area (Å²) in [6.07, 6.45) is 4.38. The fourth-order valence-corrected chi connectivity index (χ4v) is 1.66. The van der Waals surface area contributed by atoms with Gasteiger partial charge in [-0.1, -0.05) is 31.8 Å². The van der Waals surface area contributed by atoms with Crippen molar-refractivity contribution in [2.75, 3.05) is 7.11 Å². The van der Waals surface area contributed by atoms with Gasteiger partial charge in [0.05, 0.1) is 7.11 Å². The van der Waals surface area contributed by atoms with Crippen LogP contribution in [-0.4, -0.2) is 21.1 Å². The fourth-order valence-electron chi connectivity index (χ4n) is 0.783. The third-order valence-electron chi connectivity index (χ3n) is 1.42. The average Bonchev–Trinajstić information content (AvgIpc) is 1.97. The fraction of sp³-hybridized carbons (Fsp3) is 0.667. The summed E-state index contributed by atoms with van der Waals surface area (Å²) in [5.41, 5.74) is 2.26. The molecule has 0 radical (unpaired) electrons. The average molecular weight is 201 g/mol. The van der Waals surface area contributed by atoms with E-state index in [0.29, 0.717) is 6.42 Å². The van der Waals surface area contributed by atoms with Crippen LogP contribution in [0, 0.1) is 0 Å². The monoisotopic (exact) mass is 201 g/mol. The summed E-state index contributed by atoms with van der Waals surface area (Å²) < 4.78 is 0. The Morgan fingerprint density at radius 2 is 2.00 bits per heavy atom. The highest BCUT2D eigenvalue weighted by Crippen LogP contribution is 2.08. The second kappa shape index (κ2) is 5.94. The van der Waals surface area contributed by atoms with E-state index in [2.05, 4.69) is 36.0 Å². The van der Waals surface area contributed by atoms with Crippen LogP contribution >= 0.6 is 0 Å². The Balaban J connectivity index is 3.58. The Labute approximate surface area is 81.1 Å². The van der Waals surface area contributed by atoms with E-state index in [-0.39, 0.29) is 5.91 Å². The lowest BCUT2D eigenvalue weighted by atomic mass is 10.4. The molecular formula is C9H19NO2Si. The number of hydrogen-bond acceptors (Lipinski definition) is 2. The van der Waals surface area contributed by atoms with Crippen LogP contribution in [0.4, 0.5) is 0 Å². The molecule has 0 aliphatic carbocycles. The van der Waals surface area contributed by atoms with Crippen molar-refractivity contribution in [2.45, 2.75) is 32.1 Å². The Kier molecular flexibility index (Phi) is 5.66. The molecule has 0 bridgehead atoms. The van der Waals surface area contributed by atoms with Gasteiger partial charge < -0.3 is 0 Å². The zero-order valence-electron chi connectivity index (χ0n) is 8.89. The van der Waals surface area contributed by atoms with Crippen LogP contribution in [0.1, 0.15) is 6.42 Å². The summed E-state index contributed by atoms with van der Waals surface area (Å²) in [5, 5.41) is 0. The van der Waals surface area contributed by atoms with Crippen molar-refractivity contribution in [3.63, 3.8) is 0 Å². The highest BCUT2D eigenvalue weighted by Gasteiger charge is 2.09. The van der Waals surface area contributed by atoms with Gasteiger partial charge in [0.15, 0.2) is 0 Å². The number of carbonyl (C=O) groups excluding carboxylic acids is 1. The van der Waals surface area contributed by atoms with Crippen molar-refractivity contribution in [3.8, 4) is 0 Å². The first-order chi connectivity index (χ1) is 5.95. The Morgan fingerprint density at radius 1 is 1.38 bits per heavy atom. The van der Waals surface area contributed by atoms with Gasteiger partial charge >= 0.3 is 0 Å². The van der Waals surface area contributed by atoms with Gasteiger partial charge in [0.1, 0.15) is 0 Å². The molecule has 0 aromatic heterocycles. The molecule has 0 heterocycles. The maximum atomic E-state index is 10.9. The Hall–Kier alpha value is -0.613. The summed E-state index contributed by atoms with van der Waals surface area (Å²) in [7, 11) is 0.437. The standard InChI is InChI=1S/C9H19NO2Si/c1-12-10-9(11)7-5-6-8-13(2,3)4/h5-6H,7-8H2,1-4H3,(H,10,11)/b6-5+. The predicted octanol–water partition coefficient (Wildman–Crippen LogP) is 1.95. The van der Waals surface area contributed by atoms with Crippen molar-refractivity contribution in [1.29, 1.82) is 0 Å². The molecule has 76 valence electrons. The first-order valence-corrected chi connectivity index (χ1v) is 8.13. The van der Waals surface area contributed by atoms with Gasteiger partial charge in [0.25, 0.3) is 0 Å². The van der Waals surface area contributed by atoms with Crippen LogP contribution in [0.25, 0.3) is 0 Å². The topological polar surface area (TPSA) is 38.3 Å². The molecule has 0 aliphatic rings. The second-order valence-corrected chi connectivity index (χ2v) is 9.70. The summed E-state index contributed by atoms with van der Waals surface area (Å²) >= 11 is 0. The number of carbonyl (C=O) groups is 1. The normalized spacial score (nSPS) is 12.0. The molecule has 3 nitrogen and oxygen atoms in total. The minimum absolute atomic E-state index is 0.102. The summed E-state index contributed by atoms with van der Waals surface area (Å²) in [4.78, 5) is 15.4. The van der Waals surface area contributed by atoms with E-state index < -0.39 is 8.07 Å². The van der Waals surface area contributed by atoms with E-state index >= 15 is 0 Å². The lowest BCUT2D eigenvalue weighted by Crippen LogP contribution is -2.20. The summed E-state index contributed by atoms with van der Waals surface area (Å²) in [6.45, 7) is 6.89. The first kappa shape index (κ1) is 12.4. The van der Waals surface area contributed by atoms with E-state index in [1.165, 1.54) is 7.11 Å². The van der Waals surface area contributed by atoms with Gasteiger partial charge in [-0.3, -0.25) is 9.63 Å². The van der Waals surface area contributed by atoms with Crippen molar-refractivity contribution < 1.29 is 9.63 Å². The molecule has 13 heavy (non-hydrogen) atoms. The molecule has 4 heteroatoms. The molecule has 0 unspecified atom stereocenters. The molecule has 0 fully saturated rings. The molecule has 0 atom stereocenters. The van der Waals surface area contributed by atoms with Crippen molar-refractivity contribution in [1.82, 2.24) is 5.48 Å². The molecule has 0 rings (SSSR count). The van der Waals surface area contributed by atoms with Crippen LogP contribution in [-0.2, 0) is 9.63 Å². The van der Waals surface area contributed by atoms with Gasteiger partial charge in [0.2, 0.25) is 5.91 Å². The lowest BCUT2D eigenvalue weighted by Gasteiger charge is -2.11. The van der Waals surface area contributed by atoms with Gasteiger partial charge in [-0.05, 0) is 6.04 Å². The number of allylic oxidation sites excluding steroid dienone is 1. The molecule has 0 aliphatic heterocycles. The number of amides is 1. The van der Waals surface area contributed by atoms with Crippen molar-refractivity contribution in [3.05, 3.63) is 12.2 Å². The minimum Gasteiger partial charge on any atom is -0.277 e. The quantitative estimate of drug-likeness (QED) is 0.419. The van der Waals surface area contributed by atoms with Gasteiger partial charge in [-0.25, -0.2) is 5.48 Å². The zero-order chi connectivity index (χ0) is 10.3. The Morgan fingerprint density at radius 3 is 2.46 bits per heavy atom. The van der Waals surface area contributed by atoms with Gasteiger partial charge in [-0.15, -0.1) is 0 Å². The van der Waals surface area contributed by atoms with Crippen molar-refractivity contribution >= 4 is 14.0 Å². The van der Waals surface area contributed by atoms with Crippen LogP contribution < -0.4 is 5.48 Å². The van der Waals surface area contributed by atoms with Crippen LogP contribution in [0.5, 0.6) is 0 Å². The lowest BCUT2D eigenvalue weighted by molar-refractivity contribution is -0.130. The molecule has 1 N–H and O–H groups in total. The SMILES string of the molecule is CONC(=O)C/C=C/C[Si](C)(C)C. The van der Waals surface area contributed by atoms with Gasteiger partial charge in [-0.2, -0.15) is 0 Å². The van der Waals surface area contributed by atoms with Crippen LogP contribution in [0.2, 0.25) is 25.7 Å². The zero-order valence-corrected chi connectivity index (χ0v) is 9.89. The molecule has 0 spiro atoms. The number of nitrogens with one attached hydrogen (secondary N) is 1. The number of hydrogen-bond donors (Lipinski definition) is 1. The predicted molar refractivity (Wildman–Crippen MR) is 57.1 cm³/mol. The third kappa shape index (κ3) is 9.30. The maximum absolute atomic E-state index is 10.9. The maximum Gasteiger partial charge on any atom is 0.247 e. The largest absolute Gasteiger partial charge is 0.277 e. The first-order valence-electron chi connectivity index (χ1n) is 4.42. The smallest absolute Gasteiger partial charge is 0.247 e. The minimum atomic E-state index is -0.997. The van der Waals surface area contributed by atoms with Crippen LogP contribution in [0.3, 0.4) is 0 Å². The number of hydroxylamine groups is 1. The van der Waals surface area contributed by atoms with E-state index in [4.69, 9.17) is 0 Å². The summed E-state index contributed by atoms with van der Waals surface area (Å²) in [6, 6.07) is 1.12. The van der Waals surface area contributed by atoms with Crippen LogP contribution in [0.15, 0.2) is 12.2 Å². The molecule has 0 saturated carbocycles. The van der Waals surface area contributed by atoms with Crippen molar-refractivity contribution in [2.24, 2.45) is 0 Å². The third-order valence-corrected chi connectivity index (χ3v) is 2.88. The highest BCUT2D eigenvalue weighted by molar-refractivity contribution is 6.76. The Bertz CT molecular complexity index is 185. The van der Waals surface area contributed by atoms with E-state index in [1.54, 1.807) is 0 Å². The van der Waals surface area contributed by atoms with Gasteiger partial charge in [0, 0.05) is 14.5 Å². The molecule has 0 saturated heterocycles. The highest BCUT2D eigenvalue weighted by atomic mass is 28.3. The number of rotatable bonds is 5. The molecule has 0 aromatic rings.